The summed E-state index contributed by atoms with van der Waals surface area (Å²) >= 11 is 0. The predicted molar refractivity (Wildman–Crippen MR) is 147 cm³/mol. The first kappa shape index (κ1) is 28.8. The van der Waals surface area contributed by atoms with Crippen LogP contribution in [0.25, 0.3) is 11.3 Å². The number of ether oxygens (including phenoxy) is 1. The number of para-hydroxylation sites is 1. The Balaban J connectivity index is 1.42. The number of carbonyl (C=O) groups is 1. The van der Waals surface area contributed by atoms with Gasteiger partial charge >= 0.3 is 6.18 Å². The minimum absolute atomic E-state index is 0.0000592. The normalized spacial score (nSPS) is 19.3. The van der Waals surface area contributed by atoms with E-state index in [2.05, 4.69) is 20.4 Å². The molecule has 1 amide bonds. The summed E-state index contributed by atoms with van der Waals surface area (Å²) in [5.74, 6) is -0.424. The molecule has 1 atom stereocenters. The largest absolute Gasteiger partial charge is 0.493 e. The van der Waals surface area contributed by atoms with Gasteiger partial charge in [0.1, 0.15) is 11.6 Å². The Kier molecular flexibility index (Phi) is 8.17. The van der Waals surface area contributed by atoms with Crippen LogP contribution in [0.3, 0.4) is 0 Å². The lowest BCUT2D eigenvalue weighted by atomic mass is 9.74. The van der Waals surface area contributed by atoms with E-state index >= 15 is 0 Å². The molecule has 11 heteroatoms. The van der Waals surface area contributed by atoms with E-state index in [0.29, 0.717) is 42.7 Å². The average Bonchev–Trinajstić information content (AvgIpc) is 3.37. The number of rotatable bonds is 7. The van der Waals surface area contributed by atoms with E-state index in [1.807, 2.05) is 44.3 Å². The van der Waals surface area contributed by atoms with Gasteiger partial charge in [-0.05, 0) is 82.2 Å². The van der Waals surface area contributed by atoms with Crippen molar-refractivity contribution in [3.05, 3.63) is 71.7 Å². The number of hydrogen-bond donors (Lipinski definition) is 1. The van der Waals surface area contributed by atoms with Crippen LogP contribution in [0, 0.1) is 5.82 Å². The molecule has 1 aromatic heterocycles. The maximum absolute atomic E-state index is 14.8. The van der Waals surface area contributed by atoms with Crippen molar-refractivity contribution in [2.45, 2.75) is 43.8 Å². The molecule has 7 nitrogen and oxygen atoms in total. The molecule has 2 aliphatic heterocycles. The van der Waals surface area contributed by atoms with Crippen molar-refractivity contribution in [1.82, 2.24) is 20.4 Å². The predicted octanol–water partition coefficient (Wildman–Crippen LogP) is 5.06. The molecule has 2 aliphatic rings. The molecule has 2 fully saturated rings. The molecule has 3 heterocycles. The monoisotopic (exact) mass is 571 g/mol. The van der Waals surface area contributed by atoms with Crippen LogP contribution < -0.4 is 15.0 Å². The van der Waals surface area contributed by atoms with E-state index in [9.17, 15) is 22.4 Å². The van der Waals surface area contributed by atoms with Crippen LogP contribution in [0.15, 0.2) is 54.6 Å². The highest BCUT2D eigenvalue weighted by atomic mass is 19.4. The number of alkyl halides is 3. The zero-order valence-corrected chi connectivity index (χ0v) is 23.0. The van der Waals surface area contributed by atoms with Gasteiger partial charge in [-0.3, -0.25) is 4.79 Å². The average molecular weight is 572 g/mol. The minimum Gasteiger partial charge on any atom is -0.493 e. The van der Waals surface area contributed by atoms with E-state index in [1.54, 1.807) is 11.0 Å². The van der Waals surface area contributed by atoms with Crippen LogP contribution in [0.4, 0.5) is 23.2 Å². The fourth-order valence-electron chi connectivity index (χ4n) is 5.74. The Hall–Kier alpha value is -3.73. The van der Waals surface area contributed by atoms with Gasteiger partial charge in [-0.15, -0.1) is 0 Å². The molecule has 0 aliphatic carbocycles. The van der Waals surface area contributed by atoms with E-state index in [-0.39, 0.29) is 30.7 Å². The Bertz CT molecular complexity index is 1370. The smallest absolute Gasteiger partial charge is 0.416 e. The molecule has 0 radical (unpaired) electrons. The quantitative estimate of drug-likeness (QED) is 0.400. The first-order chi connectivity index (χ1) is 19.6. The number of likely N-dealkylation sites (N-methyl/N-ethyl adjacent to an activating group) is 1. The van der Waals surface area contributed by atoms with Crippen LogP contribution in [-0.4, -0.2) is 66.9 Å². The van der Waals surface area contributed by atoms with Gasteiger partial charge in [0.25, 0.3) is 0 Å². The Morgan fingerprint density at radius 3 is 2.44 bits per heavy atom. The van der Waals surface area contributed by atoms with E-state index in [4.69, 9.17) is 4.74 Å². The van der Waals surface area contributed by atoms with Crippen molar-refractivity contribution in [1.29, 1.82) is 0 Å². The van der Waals surface area contributed by atoms with Crippen molar-refractivity contribution >= 4 is 11.6 Å². The summed E-state index contributed by atoms with van der Waals surface area (Å²) in [6.45, 7) is 4.54. The van der Waals surface area contributed by atoms with Crippen molar-refractivity contribution in [2.75, 3.05) is 44.7 Å². The molecule has 0 spiro atoms. The Morgan fingerprint density at radius 2 is 1.83 bits per heavy atom. The third-order valence-electron chi connectivity index (χ3n) is 8.01. The van der Waals surface area contributed by atoms with Gasteiger partial charge in [0.2, 0.25) is 5.91 Å². The number of anilines is 1. The summed E-state index contributed by atoms with van der Waals surface area (Å²) in [6, 6.07) is 13.7. The lowest BCUT2D eigenvalue weighted by Gasteiger charge is -2.41. The van der Waals surface area contributed by atoms with Crippen molar-refractivity contribution in [3.63, 3.8) is 0 Å². The molecule has 218 valence electrons. The van der Waals surface area contributed by atoms with Crippen molar-refractivity contribution < 1.29 is 27.1 Å². The lowest BCUT2D eigenvalue weighted by molar-refractivity contribution is -0.137. The number of nitrogens with zero attached hydrogens (tertiary/aromatic N) is 4. The molecule has 2 aromatic carbocycles. The van der Waals surface area contributed by atoms with Gasteiger partial charge in [-0.2, -0.15) is 23.4 Å². The van der Waals surface area contributed by atoms with Crippen molar-refractivity contribution in [3.8, 4) is 17.0 Å². The summed E-state index contributed by atoms with van der Waals surface area (Å²) in [5, 5.41) is 12.2. The van der Waals surface area contributed by atoms with E-state index < -0.39 is 23.0 Å². The van der Waals surface area contributed by atoms with E-state index in [1.165, 1.54) is 0 Å². The molecule has 0 saturated carbocycles. The molecular formula is C30H33F4N5O2. The Morgan fingerprint density at radius 1 is 1.07 bits per heavy atom. The van der Waals surface area contributed by atoms with Gasteiger partial charge in [-0.1, -0.05) is 12.1 Å². The second kappa shape index (κ2) is 11.6. The molecule has 5 rings (SSSR count). The highest BCUT2D eigenvalue weighted by molar-refractivity contribution is 5.88. The van der Waals surface area contributed by atoms with Gasteiger partial charge in [0.05, 0.1) is 34.7 Å². The van der Waals surface area contributed by atoms with Crippen LogP contribution in [-0.2, 0) is 16.4 Å². The van der Waals surface area contributed by atoms with Gasteiger partial charge in [0.15, 0.2) is 0 Å². The molecular weight excluding hydrogens is 538 g/mol. The molecule has 1 N–H and O–H groups in total. The standard InChI is InChI=1S/C30H33F4N5O2/c1-3-41-26-7-5-4-6-22(26)24-9-11-27(37-36-24)29(28(40)35-21-12-15-38(2)19-21)13-16-39(17-14-29)25-10-8-20(18-23(25)31)30(32,33)34/h4-11,18,21H,3,12-17,19H2,1-2H3,(H,35,40)/t21-/m0/s1. The first-order valence-electron chi connectivity index (χ1n) is 13.8. The number of nitrogens with one attached hydrogen (secondary N) is 1. The minimum atomic E-state index is -4.63. The number of halogens is 4. The highest BCUT2D eigenvalue weighted by Gasteiger charge is 2.46. The molecule has 41 heavy (non-hydrogen) atoms. The molecule has 0 bridgehead atoms. The Labute approximate surface area is 236 Å². The molecule has 0 unspecified atom stereocenters. The number of amides is 1. The fourth-order valence-corrected chi connectivity index (χ4v) is 5.74. The number of hydrogen-bond acceptors (Lipinski definition) is 6. The molecule has 3 aromatic rings. The number of likely N-dealkylation sites (tertiary alicyclic amines) is 1. The fraction of sp³-hybridized carbons (Fsp3) is 0.433. The van der Waals surface area contributed by atoms with Crippen molar-refractivity contribution in [2.24, 2.45) is 0 Å². The topological polar surface area (TPSA) is 70.6 Å². The second-order valence-electron chi connectivity index (χ2n) is 10.7. The summed E-state index contributed by atoms with van der Waals surface area (Å²) in [6.07, 6.45) is -3.20. The zero-order chi connectivity index (χ0) is 29.2. The number of benzene rings is 2. The second-order valence-corrected chi connectivity index (χ2v) is 10.7. The highest BCUT2D eigenvalue weighted by Crippen LogP contribution is 2.39. The summed E-state index contributed by atoms with van der Waals surface area (Å²) in [5.41, 5.74) is -0.0777. The molecule has 2 saturated heterocycles. The number of carbonyl (C=O) groups excluding carboxylic acids is 1. The van der Waals surface area contributed by atoms with Gasteiger partial charge in [-0.25, -0.2) is 4.39 Å². The maximum atomic E-state index is 14.8. The SMILES string of the molecule is CCOc1ccccc1-c1ccc(C2(C(=O)N[C@H]3CCN(C)C3)CCN(c3ccc(C(F)(F)F)cc3F)CC2)nn1. The third-order valence-corrected chi connectivity index (χ3v) is 8.01. The van der Waals surface area contributed by atoms with E-state index in [0.717, 1.165) is 37.2 Å². The van der Waals surface area contributed by atoms with Crippen LogP contribution in [0.1, 0.15) is 37.4 Å². The summed E-state index contributed by atoms with van der Waals surface area (Å²) in [4.78, 5) is 17.7. The first-order valence-corrected chi connectivity index (χ1v) is 13.8. The lowest BCUT2D eigenvalue weighted by Crippen LogP contribution is -2.54. The van der Waals surface area contributed by atoms with Gasteiger partial charge < -0.3 is 19.9 Å². The van der Waals surface area contributed by atoms with Crippen LogP contribution in [0.2, 0.25) is 0 Å². The number of piperidine rings is 1. The van der Waals surface area contributed by atoms with Crippen LogP contribution in [0.5, 0.6) is 5.75 Å². The van der Waals surface area contributed by atoms with Gasteiger partial charge in [0, 0.05) is 31.2 Å². The number of aromatic nitrogens is 2. The maximum Gasteiger partial charge on any atom is 0.416 e. The summed E-state index contributed by atoms with van der Waals surface area (Å²) < 4.78 is 59.7. The zero-order valence-electron chi connectivity index (χ0n) is 23.0. The summed E-state index contributed by atoms with van der Waals surface area (Å²) in [7, 11) is 2.00. The van der Waals surface area contributed by atoms with Crippen LogP contribution >= 0.6 is 0 Å². The third kappa shape index (κ3) is 6.00.